The van der Waals surface area contributed by atoms with Crippen molar-refractivity contribution in [1.29, 1.82) is 0 Å². The minimum absolute atomic E-state index is 0.0105. The molecule has 174 valence electrons. The molecular weight excluding hydrogens is 384 g/mol. The number of rotatable bonds is 25. The fraction of sp³-hybridized carbons (Fsp3) is 0.950. The predicted molar refractivity (Wildman–Crippen MR) is 108 cm³/mol. The Labute approximate surface area is 174 Å². The topological polar surface area (TPSA) is 102 Å². The van der Waals surface area contributed by atoms with Crippen LogP contribution in [0.15, 0.2) is 0 Å². The minimum atomic E-state index is -0.864. The lowest BCUT2D eigenvalue weighted by Crippen LogP contribution is -2.14. The van der Waals surface area contributed by atoms with E-state index in [0.717, 1.165) is 13.0 Å². The molecule has 0 bridgehead atoms. The van der Waals surface area contributed by atoms with Crippen LogP contribution in [0.4, 0.5) is 0 Å². The van der Waals surface area contributed by atoms with Crippen molar-refractivity contribution in [2.45, 2.75) is 32.6 Å². The summed E-state index contributed by atoms with van der Waals surface area (Å²) in [6.45, 7) is 9.36. The number of hydrogen-bond donors (Lipinski definition) is 1. The molecule has 9 nitrogen and oxygen atoms in total. The Hall–Kier alpha value is -0.810. The molecule has 0 unspecified atom stereocenters. The van der Waals surface area contributed by atoms with Crippen molar-refractivity contribution < 1.29 is 43.1 Å². The van der Waals surface area contributed by atoms with Gasteiger partial charge in [-0.3, -0.25) is 4.79 Å². The molecule has 0 saturated carbocycles. The highest BCUT2D eigenvalue weighted by Gasteiger charge is 1.97. The molecule has 0 radical (unpaired) electrons. The predicted octanol–water partition coefficient (Wildman–Crippen LogP) is 1.77. The van der Waals surface area contributed by atoms with Gasteiger partial charge >= 0.3 is 5.97 Å². The van der Waals surface area contributed by atoms with Gasteiger partial charge in [0.25, 0.3) is 0 Å². The van der Waals surface area contributed by atoms with E-state index >= 15 is 0 Å². The maximum absolute atomic E-state index is 10.3. The van der Waals surface area contributed by atoms with E-state index in [4.69, 9.17) is 38.3 Å². The van der Waals surface area contributed by atoms with Crippen LogP contribution in [0.25, 0.3) is 0 Å². The number of hydrogen-bond acceptors (Lipinski definition) is 8. The second-order valence-electron chi connectivity index (χ2n) is 6.14. The van der Waals surface area contributed by atoms with Crippen molar-refractivity contribution in [3.8, 4) is 0 Å². The fourth-order valence-corrected chi connectivity index (χ4v) is 2.04. The van der Waals surface area contributed by atoms with Crippen molar-refractivity contribution in [3.63, 3.8) is 0 Å². The zero-order valence-corrected chi connectivity index (χ0v) is 17.9. The molecule has 0 aliphatic rings. The number of ether oxygens (including phenoxy) is 7. The molecule has 0 saturated heterocycles. The molecule has 29 heavy (non-hydrogen) atoms. The zero-order chi connectivity index (χ0) is 21.3. The highest BCUT2D eigenvalue weighted by Crippen LogP contribution is 1.93. The Morgan fingerprint density at radius 3 is 1.14 bits per heavy atom. The van der Waals surface area contributed by atoms with Gasteiger partial charge in [0.05, 0.1) is 92.3 Å². The summed E-state index contributed by atoms with van der Waals surface area (Å²) in [7, 11) is 0. The molecule has 0 aromatic rings. The third-order valence-electron chi connectivity index (χ3n) is 3.58. The molecule has 0 amide bonds. The van der Waals surface area contributed by atoms with Gasteiger partial charge in [-0.2, -0.15) is 0 Å². The van der Waals surface area contributed by atoms with Gasteiger partial charge in [-0.1, -0.05) is 19.8 Å². The first kappa shape index (κ1) is 28.2. The lowest BCUT2D eigenvalue weighted by atomic mass is 10.3. The number of carboxylic acid groups (broad SMARTS) is 1. The number of aliphatic carboxylic acids is 1. The molecule has 0 rings (SSSR count). The minimum Gasteiger partial charge on any atom is -0.481 e. The van der Waals surface area contributed by atoms with E-state index < -0.39 is 5.97 Å². The molecule has 9 heteroatoms. The summed E-state index contributed by atoms with van der Waals surface area (Å²) < 4.78 is 37.4. The van der Waals surface area contributed by atoms with E-state index in [2.05, 4.69) is 6.92 Å². The first-order chi connectivity index (χ1) is 14.3. The van der Waals surface area contributed by atoms with E-state index in [1.54, 1.807) is 0 Å². The largest absolute Gasteiger partial charge is 0.481 e. The Kier molecular flexibility index (Phi) is 24.5. The van der Waals surface area contributed by atoms with Crippen LogP contribution < -0.4 is 0 Å². The van der Waals surface area contributed by atoms with Gasteiger partial charge in [0.2, 0.25) is 0 Å². The molecular formula is C20H40O9. The monoisotopic (exact) mass is 424 g/mol. The van der Waals surface area contributed by atoms with Crippen molar-refractivity contribution in [3.05, 3.63) is 0 Å². The summed E-state index contributed by atoms with van der Waals surface area (Å²) >= 11 is 0. The molecule has 1 N–H and O–H groups in total. The van der Waals surface area contributed by atoms with Crippen LogP contribution in [-0.2, 0) is 38.0 Å². The molecule has 0 aromatic carbocycles. The van der Waals surface area contributed by atoms with Gasteiger partial charge in [0, 0.05) is 6.61 Å². The van der Waals surface area contributed by atoms with Gasteiger partial charge in [0.15, 0.2) is 0 Å². The summed E-state index contributed by atoms with van der Waals surface area (Å²) in [6.07, 6.45) is 3.55. The zero-order valence-electron chi connectivity index (χ0n) is 17.9. The number of carboxylic acids is 1. The first-order valence-electron chi connectivity index (χ1n) is 10.5. The van der Waals surface area contributed by atoms with Crippen LogP contribution in [0.3, 0.4) is 0 Å². The van der Waals surface area contributed by atoms with Crippen molar-refractivity contribution >= 4 is 5.97 Å². The van der Waals surface area contributed by atoms with E-state index in [1.807, 2.05) is 0 Å². The molecule has 0 atom stereocenters. The van der Waals surface area contributed by atoms with Crippen LogP contribution in [0.1, 0.15) is 32.6 Å². The second kappa shape index (κ2) is 25.2. The Morgan fingerprint density at radius 1 is 0.517 bits per heavy atom. The van der Waals surface area contributed by atoms with Gasteiger partial charge in [-0.25, -0.2) is 0 Å². The average molecular weight is 425 g/mol. The summed E-state index contributed by atoms with van der Waals surface area (Å²) in [5.74, 6) is -0.864. The lowest BCUT2D eigenvalue weighted by Gasteiger charge is -2.08. The van der Waals surface area contributed by atoms with Crippen LogP contribution >= 0.6 is 0 Å². The van der Waals surface area contributed by atoms with E-state index in [9.17, 15) is 4.79 Å². The number of unbranched alkanes of at least 4 members (excludes halogenated alkanes) is 2. The van der Waals surface area contributed by atoms with E-state index in [0.29, 0.717) is 79.3 Å². The standard InChI is InChI=1S/C20H40O9/c1-2-3-4-6-23-8-10-25-12-14-27-16-18-29-19-17-28-15-13-26-11-9-24-7-5-20(21)22/h2-19H2,1H3,(H,21,22). The van der Waals surface area contributed by atoms with Gasteiger partial charge < -0.3 is 38.3 Å². The van der Waals surface area contributed by atoms with Crippen molar-refractivity contribution in [2.24, 2.45) is 0 Å². The van der Waals surface area contributed by atoms with E-state index in [1.165, 1.54) is 12.8 Å². The molecule has 0 aliphatic carbocycles. The van der Waals surface area contributed by atoms with Crippen LogP contribution in [0, 0.1) is 0 Å². The van der Waals surface area contributed by atoms with Gasteiger partial charge in [0.1, 0.15) is 0 Å². The molecule has 0 heterocycles. The Balaban J connectivity index is 2.99. The first-order valence-corrected chi connectivity index (χ1v) is 10.5. The number of carbonyl (C=O) groups is 1. The normalized spacial score (nSPS) is 11.2. The summed E-state index contributed by atoms with van der Waals surface area (Å²) in [6, 6.07) is 0. The SMILES string of the molecule is CCCCCOCCOCCOCCOCCOCCOCCOCCC(=O)O. The Morgan fingerprint density at radius 2 is 0.828 bits per heavy atom. The fourth-order valence-electron chi connectivity index (χ4n) is 2.04. The summed E-state index contributed by atoms with van der Waals surface area (Å²) in [4.78, 5) is 10.3. The quantitative estimate of drug-likeness (QED) is 0.220. The third-order valence-corrected chi connectivity index (χ3v) is 3.58. The van der Waals surface area contributed by atoms with Crippen molar-refractivity contribution in [1.82, 2.24) is 0 Å². The summed E-state index contributed by atoms with van der Waals surface area (Å²) in [5.41, 5.74) is 0. The lowest BCUT2D eigenvalue weighted by molar-refractivity contribution is -0.138. The molecule has 0 aromatic heterocycles. The maximum atomic E-state index is 10.3. The molecule has 0 aliphatic heterocycles. The third kappa shape index (κ3) is 27.2. The molecule has 0 fully saturated rings. The van der Waals surface area contributed by atoms with Crippen LogP contribution in [-0.4, -0.2) is 104 Å². The van der Waals surface area contributed by atoms with E-state index in [-0.39, 0.29) is 13.0 Å². The molecule has 0 spiro atoms. The smallest absolute Gasteiger partial charge is 0.305 e. The summed E-state index contributed by atoms with van der Waals surface area (Å²) in [5, 5.41) is 8.44. The van der Waals surface area contributed by atoms with Gasteiger partial charge in [-0.15, -0.1) is 0 Å². The Bertz CT molecular complexity index is 329. The van der Waals surface area contributed by atoms with Crippen LogP contribution in [0.2, 0.25) is 0 Å². The van der Waals surface area contributed by atoms with Crippen molar-refractivity contribution in [2.75, 3.05) is 92.5 Å². The average Bonchev–Trinajstić information content (AvgIpc) is 2.71. The highest BCUT2D eigenvalue weighted by atomic mass is 16.6. The van der Waals surface area contributed by atoms with Crippen LogP contribution in [0.5, 0.6) is 0 Å². The van der Waals surface area contributed by atoms with Gasteiger partial charge in [-0.05, 0) is 6.42 Å². The second-order valence-corrected chi connectivity index (χ2v) is 6.14. The highest BCUT2D eigenvalue weighted by molar-refractivity contribution is 5.66. The maximum Gasteiger partial charge on any atom is 0.305 e.